The number of likely N-dealkylation sites (N-methyl/N-ethyl adjacent to an activating group) is 1. The van der Waals surface area contributed by atoms with E-state index < -0.39 is 11.5 Å². The summed E-state index contributed by atoms with van der Waals surface area (Å²) >= 11 is 0. The second-order valence-corrected chi connectivity index (χ2v) is 5.96. The first-order valence-electron chi connectivity index (χ1n) is 7.25. The quantitative estimate of drug-likeness (QED) is 0.712. The molecule has 1 heterocycles. The van der Waals surface area contributed by atoms with Crippen LogP contribution >= 0.6 is 0 Å². The van der Waals surface area contributed by atoms with E-state index in [2.05, 4.69) is 0 Å². The molecule has 1 atom stereocenters. The van der Waals surface area contributed by atoms with E-state index in [1.807, 2.05) is 6.92 Å². The first-order chi connectivity index (χ1) is 9.70. The third-order valence-corrected chi connectivity index (χ3v) is 4.20. The van der Waals surface area contributed by atoms with Gasteiger partial charge in [-0.25, -0.2) is 0 Å². The summed E-state index contributed by atoms with van der Waals surface area (Å²) in [5.74, 6) is -1.81. The molecule has 7 nitrogen and oxygen atoms in total. The lowest BCUT2D eigenvalue weighted by Crippen LogP contribution is -2.55. The van der Waals surface area contributed by atoms with Crippen molar-refractivity contribution in [1.82, 2.24) is 9.80 Å². The molecule has 2 amide bonds. The van der Waals surface area contributed by atoms with E-state index in [-0.39, 0.29) is 24.3 Å². The molecule has 0 aromatic rings. The molecule has 1 aliphatic rings. The number of hydrogen-bond acceptors (Lipinski definition) is 4. The number of carbonyl (C=O) groups is 3. The Hall–Kier alpha value is -1.63. The summed E-state index contributed by atoms with van der Waals surface area (Å²) in [5, 5.41) is 9.25. The molecule has 0 saturated carbocycles. The van der Waals surface area contributed by atoms with Crippen LogP contribution in [0.25, 0.3) is 0 Å². The maximum atomic E-state index is 12.3. The van der Waals surface area contributed by atoms with E-state index in [0.717, 1.165) is 6.42 Å². The van der Waals surface area contributed by atoms with Gasteiger partial charge >= 0.3 is 5.97 Å². The highest BCUT2D eigenvalue weighted by Gasteiger charge is 2.36. The zero-order valence-corrected chi connectivity index (χ0v) is 13.0. The van der Waals surface area contributed by atoms with Crippen molar-refractivity contribution in [2.75, 3.05) is 26.2 Å². The molecule has 7 heteroatoms. The second kappa shape index (κ2) is 6.89. The molecule has 0 bridgehead atoms. The average molecular weight is 299 g/mol. The van der Waals surface area contributed by atoms with E-state index in [1.54, 1.807) is 23.6 Å². The topological polar surface area (TPSA) is 104 Å². The van der Waals surface area contributed by atoms with Crippen molar-refractivity contribution in [3.8, 4) is 0 Å². The average Bonchev–Trinajstić information content (AvgIpc) is 2.44. The minimum Gasteiger partial charge on any atom is -0.480 e. The van der Waals surface area contributed by atoms with Crippen LogP contribution in [0.5, 0.6) is 0 Å². The molecule has 3 N–H and O–H groups in total. The van der Waals surface area contributed by atoms with E-state index >= 15 is 0 Å². The lowest BCUT2D eigenvalue weighted by atomic mass is 9.97. The van der Waals surface area contributed by atoms with Gasteiger partial charge in [-0.2, -0.15) is 0 Å². The van der Waals surface area contributed by atoms with Crippen LogP contribution in [0.4, 0.5) is 0 Å². The van der Waals surface area contributed by atoms with Crippen LogP contribution in [0, 0.1) is 5.92 Å². The summed E-state index contributed by atoms with van der Waals surface area (Å²) in [6.45, 7) is 6.38. The van der Waals surface area contributed by atoms with Gasteiger partial charge in [0.2, 0.25) is 11.8 Å². The van der Waals surface area contributed by atoms with Crippen molar-refractivity contribution in [1.29, 1.82) is 0 Å². The molecule has 21 heavy (non-hydrogen) atoms. The predicted molar refractivity (Wildman–Crippen MR) is 77.5 cm³/mol. The van der Waals surface area contributed by atoms with Crippen LogP contribution in [0.1, 0.15) is 33.6 Å². The Bertz CT molecular complexity index is 422. The number of hydrogen-bond donors (Lipinski definition) is 2. The number of piperidine rings is 1. The Morgan fingerprint density at radius 3 is 2.48 bits per heavy atom. The van der Waals surface area contributed by atoms with Crippen LogP contribution in [0.3, 0.4) is 0 Å². The molecule has 120 valence electrons. The van der Waals surface area contributed by atoms with Crippen molar-refractivity contribution in [2.45, 2.75) is 39.2 Å². The number of primary amides is 1. The molecule has 0 radical (unpaired) electrons. The van der Waals surface area contributed by atoms with Crippen LogP contribution in [0.15, 0.2) is 0 Å². The summed E-state index contributed by atoms with van der Waals surface area (Å²) in [4.78, 5) is 38.1. The maximum absolute atomic E-state index is 12.3. The van der Waals surface area contributed by atoms with E-state index in [0.29, 0.717) is 26.1 Å². The molecular weight excluding hydrogens is 274 g/mol. The highest BCUT2D eigenvalue weighted by molar-refractivity contribution is 5.83. The lowest BCUT2D eigenvalue weighted by Gasteiger charge is -2.37. The minimum atomic E-state index is -1.11. The summed E-state index contributed by atoms with van der Waals surface area (Å²) < 4.78 is 0. The minimum absolute atomic E-state index is 0.0290. The van der Waals surface area contributed by atoms with Crippen molar-refractivity contribution in [2.24, 2.45) is 11.7 Å². The highest BCUT2D eigenvalue weighted by atomic mass is 16.4. The van der Waals surface area contributed by atoms with Gasteiger partial charge in [-0.1, -0.05) is 6.92 Å². The number of carboxylic acids is 1. The van der Waals surface area contributed by atoms with Crippen molar-refractivity contribution < 1.29 is 19.5 Å². The molecule has 1 rings (SSSR count). The van der Waals surface area contributed by atoms with Gasteiger partial charge in [0.15, 0.2) is 0 Å². The number of amides is 2. The zero-order chi connectivity index (χ0) is 16.2. The number of nitrogens with zero attached hydrogens (tertiary/aromatic N) is 2. The third kappa shape index (κ3) is 4.17. The van der Waals surface area contributed by atoms with Gasteiger partial charge in [-0.05, 0) is 33.2 Å². The fraction of sp³-hybridized carbons (Fsp3) is 0.786. The third-order valence-electron chi connectivity index (χ3n) is 4.20. The fourth-order valence-corrected chi connectivity index (χ4v) is 2.54. The second-order valence-electron chi connectivity index (χ2n) is 5.96. The Kier molecular flexibility index (Phi) is 5.71. The first-order valence-corrected chi connectivity index (χ1v) is 7.25. The van der Waals surface area contributed by atoms with Crippen LogP contribution < -0.4 is 5.73 Å². The van der Waals surface area contributed by atoms with Gasteiger partial charge in [-0.15, -0.1) is 0 Å². The number of aliphatic carboxylic acids is 1. The van der Waals surface area contributed by atoms with Gasteiger partial charge in [0.1, 0.15) is 5.54 Å². The van der Waals surface area contributed by atoms with Gasteiger partial charge in [-0.3, -0.25) is 19.3 Å². The number of carbonyl (C=O) groups excluding carboxylic acids is 2. The van der Waals surface area contributed by atoms with Crippen molar-refractivity contribution in [3.05, 3.63) is 0 Å². The van der Waals surface area contributed by atoms with Gasteiger partial charge in [0.05, 0.1) is 12.5 Å². The molecule has 0 aliphatic carbocycles. The summed E-state index contributed by atoms with van der Waals surface area (Å²) in [7, 11) is 0. The molecule has 1 aliphatic heterocycles. The number of nitrogens with two attached hydrogens (primary N) is 1. The number of likely N-dealkylation sites (tertiary alicyclic amines) is 1. The van der Waals surface area contributed by atoms with Crippen LogP contribution in [-0.4, -0.2) is 64.4 Å². The van der Waals surface area contributed by atoms with E-state index in [1.165, 1.54) is 0 Å². The van der Waals surface area contributed by atoms with E-state index in [4.69, 9.17) is 5.73 Å². The molecule has 1 unspecified atom stereocenters. The highest BCUT2D eigenvalue weighted by Crippen LogP contribution is 2.18. The molecular formula is C14H25N3O4. The standard InChI is InChI=1S/C14H25N3O4/c1-4-17(14(2,3)13(20)21)9-11(18)16-7-5-6-10(8-16)12(15)19/h10H,4-9H2,1-3H3,(H2,15,19)(H,20,21). The Labute approximate surface area is 125 Å². The van der Waals surface area contributed by atoms with Gasteiger partial charge in [0, 0.05) is 13.1 Å². The van der Waals surface area contributed by atoms with E-state index in [9.17, 15) is 19.5 Å². The van der Waals surface area contributed by atoms with Crippen molar-refractivity contribution in [3.63, 3.8) is 0 Å². The number of rotatable bonds is 6. The Balaban J connectivity index is 2.70. The molecule has 1 fully saturated rings. The normalized spacial score (nSPS) is 19.6. The molecule has 0 aromatic heterocycles. The Morgan fingerprint density at radius 1 is 1.38 bits per heavy atom. The fourth-order valence-electron chi connectivity index (χ4n) is 2.54. The summed E-state index contributed by atoms with van der Waals surface area (Å²) in [6.07, 6.45) is 1.45. The SMILES string of the molecule is CCN(CC(=O)N1CCCC(C(N)=O)C1)C(C)(C)C(=O)O. The monoisotopic (exact) mass is 299 g/mol. The summed E-state index contributed by atoms with van der Waals surface area (Å²) in [6, 6.07) is 0. The van der Waals surface area contributed by atoms with Gasteiger partial charge in [0.25, 0.3) is 0 Å². The molecule has 0 spiro atoms. The Morgan fingerprint density at radius 2 is 2.00 bits per heavy atom. The van der Waals surface area contributed by atoms with Gasteiger partial charge < -0.3 is 15.7 Å². The maximum Gasteiger partial charge on any atom is 0.323 e. The van der Waals surface area contributed by atoms with Crippen LogP contribution in [-0.2, 0) is 14.4 Å². The van der Waals surface area contributed by atoms with Crippen molar-refractivity contribution >= 4 is 17.8 Å². The first kappa shape index (κ1) is 17.4. The smallest absolute Gasteiger partial charge is 0.323 e. The zero-order valence-electron chi connectivity index (χ0n) is 13.0. The lowest BCUT2D eigenvalue weighted by molar-refractivity contribution is -0.151. The number of carboxylic acid groups (broad SMARTS) is 1. The van der Waals surface area contributed by atoms with Crippen LogP contribution in [0.2, 0.25) is 0 Å². The largest absolute Gasteiger partial charge is 0.480 e. The summed E-state index contributed by atoms with van der Waals surface area (Å²) in [5.41, 5.74) is 4.19. The molecule has 1 saturated heterocycles. The molecule has 0 aromatic carbocycles. The predicted octanol–water partition coefficient (Wildman–Crippen LogP) is -0.105.